The number of hydrogen-bond acceptors (Lipinski definition) is 4. The van der Waals surface area contributed by atoms with Gasteiger partial charge in [-0.25, -0.2) is 0 Å². The highest BCUT2D eigenvalue weighted by molar-refractivity contribution is 5.98. The predicted molar refractivity (Wildman–Crippen MR) is 71.0 cm³/mol. The lowest BCUT2D eigenvalue weighted by atomic mass is 10.1. The molecule has 1 heterocycles. The third-order valence-corrected chi connectivity index (χ3v) is 3.54. The number of nitrogens with one attached hydrogen (secondary N) is 1. The average molecular weight is 294 g/mol. The molecule has 0 radical (unpaired) electrons. The van der Waals surface area contributed by atoms with Gasteiger partial charge in [0.2, 0.25) is 12.3 Å². The van der Waals surface area contributed by atoms with Crippen molar-refractivity contribution in [3.8, 4) is 5.75 Å². The number of nitrogens with zero attached hydrogens (tertiary/aromatic N) is 1. The second-order valence-corrected chi connectivity index (χ2v) is 4.90. The molecule has 0 spiro atoms. The number of amides is 3. The largest absolute Gasteiger partial charge is 0.332 e. The molecule has 0 aromatic heterocycles. The number of imide groups is 1. The molecule has 1 unspecified atom stereocenters. The molecular weight excluding hydrogens is 279 g/mol. The van der Waals surface area contributed by atoms with E-state index in [1.54, 1.807) is 4.90 Å². The van der Waals surface area contributed by atoms with Gasteiger partial charge < -0.3 is 4.90 Å². The summed E-state index contributed by atoms with van der Waals surface area (Å²) >= 11 is 0. The molecule has 0 fully saturated rings. The lowest BCUT2D eigenvalue weighted by Crippen LogP contribution is -2.34. The topological polar surface area (TPSA) is 75.7 Å². The lowest BCUT2D eigenvalue weighted by molar-refractivity contribution is -0.125. The highest BCUT2D eigenvalue weighted by Crippen LogP contribution is 2.29. The van der Waals surface area contributed by atoms with Gasteiger partial charge in [0.05, 0.1) is 0 Å². The van der Waals surface area contributed by atoms with E-state index in [0.717, 1.165) is 0 Å². The minimum Gasteiger partial charge on any atom is -0.332 e. The van der Waals surface area contributed by atoms with Gasteiger partial charge in [-0.05, 0) is 37.1 Å². The van der Waals surface area contributed by atoms with Crippen LogP contribution in [0.3, 0.4) is 0 Å². The summed E-state index contributed by atoms with van der Waals surface area (Å²) in [6.07, 6.45) is 0.924. The Kier molecular flexibility index (Phi) is 4.52. The Balaban J connectivity index is 2.01. The van der Waals surface area contributed by atoms with Gasteiger partial charge in [0, 0.05) is 29.1 Å². The Labute approximate surface area is 120 Å². The van der Waals surface area contributed by atoms with E-state index in [2.05, 4.69) is 10.3 Å². The molecule has 21 heavy (non-hydrogen) atoms. The zero-order valence-electron chi connectivity index (χ0n) is 11.5. The molecule has 112 valence electrons. The van der Waals surface area contributed by atoms with Crippen LogP contribution in [0.15, 0.2) is 18.2 Å². The van der Waals surface area contributed by atoms with E-state index in [-0.39, 0.29) is 30.0 Å². The Hall–Kier alpha value is -2.44. The maximum Gasteiger partial charge on any atom is 0.254 e. The minimum absolute atomic E-state index is 0.0569. The lowest BCUT2D eigenvalue weighted by Gasteiger charge is -2.23. The molecule has 0 saturated carbocycles. The molecule has 1 aliphatic heterocycles. The molecule has 3 amide bonds. The first-order chi connectivity index (χ1) is 10.1. The van der Waals surface area contributed by atoms with Crippen molar-refractivity contribution < 1.29 is 23.9 Å². The summed E-state index contributed by atoms with van der Waals surface area (Å²) in [5.41, 5.74) is 1.21. The van der Waals surface area contributed by atoms with Crippen molar-refractivity contribution in [2.45, 2.75) is 32.4 Å². The zero-order valence-corrected chi connectivity index (χ0v) is 11.5. The maximum absolute atomic E-state index is 12.2. The summed E-state index contributed by atoms with van der Waals surface area (Å²) < 4.78 is 12.2. The fourth-order valence-corrected chi connectivity index (χ4v) is 2.36. The smallest absolute Gasteiger partial charge is 0.254 e. The number of halogens is 1. The number of carbonyl (C=O) groups excluding carboxylic acids is 3. The Bertz CT molecular complexity index is 576. The highest BCUT2D eigenvalue weighted by atomic mass is 19.3. The summed E-state index contributed by atoms with van der Waals surface area (Å²) in [7, 11) is 0. The molecule has 1 atom stereocenters. The minimum atomic E-state index is -0.380. The van der Waals surface area contributed by atoms with E-state index in [1.807, 2.05) is 6.92 Å². The van der Waals surface area contributed by atoms with Gasteiger partial charge in [0.1, 0.15) is 0 Å². The maximum atomic E-state index is 12.2. The molecule has 6 nitrogen and oxygen atoms in total. The van der Waals surface area contributed by atoms with Crippen molar-refractivity contribution in [1.82, 2.24) is 10.2 Å². The normalized spacial score (nSPS) is 14.6. The summed E-state index contributed by atoms with van der Waals surface area (Å²) in [6.45, 7) is 2.17. The van der Waals surface area contributed by atoms with E-state index in [4.69, 9.17) is 0 Å². The molecule has 1 aliphatic rings. The van der Waals surface area contributed by atoms with Gasteiger partial charge in [0.25, 0.3) is 5.91 Å². The van der Waals surface area contributed by atoms with Gasteiger partial charge >= 0.3 is 0 Å². The Morgan fingerprint density at radius 2 is 2.33 bits per heavy atom. The van der Waals surface area contributed by atoms with Crippen LogP contribution in [0.5, 0.6) is 5.75 Å². The van der Waals surface area contributed by atoms with Crippen LogP contribution in [-0.4, -0.2) is 29.2 Å². The molecule has 0 bridgehead atoms. The van der Waals surface area contributed by atoms with E-state index in [0.29, 0.717) is 30.5 Å². The van der Waals surface area contributed by atoms with Crippen molar-refractivity contribution >= 4 is 18.2 Å². The summed E-state index contributed by atoms with van der Waals surface area (Å²) in [5, 5.41) is 2.05. The van der Waals surface area contributed by atoms with E-state index in [9.17, 15) is 18.9 Å². The van der Waals surface area contributed by atoms with Crippen LogP contribution in [0.25, 0.3) is 0 Å². The second kappa shape index (κ2) is 6.34. The molecule has 1 N–H and O–H groups in total. The van der Waals surface area contributed by atoms with Crippen LogP contribution < -0.4 is 10.3 Å². The molecule has 1 aromatic rings. The second-order valence-electron chi connectivity index (χ2n) is 4.90. The third-order valence-electron chi connectivity index (χ3n) is 3.54. The van der Waals surface area contributed by atoms with Gasteiger partial charge in [-0.2, -0.15) is 0 Å². The van der Waals surface area contributed by atoms with Crippen molar-refractivity contribution in [1.29, 1.82) is 0 Å². The number of rotatable bonds is 6. The van der Waals surface area contributed by atoms with Gasteiger partial charge in [-0.1, -0.05) is 0 Å². The van der Waals surface area contributed by atoms with Crippen LogP contribution in [0, 0.1) is 0 Å². The van der Waals surface area contributed by atoms with E-state index >= 15 is 0 Å². The van der Waals surface area contributed by atoms with Crippen LogP contribution in [0.1, 0.15) is 35.7 Å². The quantitative estimate of drug-likeness (QED) is 0.803. The number of carbonyl (C=O) groups is 3. The SMILES string of the molecule is CC(CCC(=O)NC=O)N1Cc2cc(OF)ccc2C1=O. The first-order valence-electron chi connectivity index (χ1n) is 6.52. The molecule has 1 aromatic carbocycles. The van der Waals surface area contributed by atoms with Crippen molar-refractivity contribution in [3.05, 3.63) is 29.3 Å². The van der Waals surface area contributed by atoms with Crippen LogP contribution in [-0.2, 0) is 16.1 Å². The number of benzene rings is 1. The summed E-state index contributed by atoms with van der Waals surface area (Å²) in [6, 6.07) is 4.23. The molecule has 0 aliphatic carbocycles. The van der Waals surface area contributed by atoms with Gasteiger partial charge in [0.15, 0.2) is 5.75 Å². The van der Waals surface area contributed by atoms with Gasteiger partial charge in [-0.3, -0.25) is 24.6 Å². The van der Waals surface area contributed by atoms with E-state index in [1.165, 1.54) is 18.2 Å². The van der Waals surface area contributed by atoms with Crippen LogP contribution in [0.4, 0.5) is 4.53 Å². The van der Waals surface area contributed by atoms with Gasteiger partial charge in [-0.15, -0.1) is 0 Å². The summed E-state index contributed by atoms with van der Waals surface area (Å²) in [4.78, 5) is 38.9. The third kappa shape index (κ3) is 3.18. The fourth-order valence-electron chi connectivity index (χ4n) is 2.36. The molecule has 2 rings (SSSR count). The fraction of sp³-hybridized carbons (Fsp3) is 0.357. The first kappa shape index (κ1) is 15.0. The summed E-state index contributed by atoms with van der Waals surface area (Å²) in [5.74, 6) is -0.478. The highest BCUT2D eigenvalue weighted by Gasteiger charge is 2.31. The van der Waals surface area contributed by atoms with E-state index < -0.39 is 0 Å². The molecule has 7 heteroatoms. The first-order valence-corrected chi connectivity index (χ1v) is 6.52. The van der Waals surface area contributed by atoms with Crippen molar-refractivity contribution in [2.24, 2.45) is 0 Å². The van der Waals surface area contributed by atoms with Crippen molar-refractivity contribution in [3.63, 3.8) is 0 Å². The Morgan fingerprint density at radius 3 is 3.00 bits per heavy atom. The average Bonchev–Trinajstić information content (AvgIpc) is 2.81. The number of hydrogen-bond donors (Lipinski definition) is 1. The monoisotopic (exact) mass is 294 g/mol. The zero-order chi connectivity index (χ0) is 15.4. The number of fused-ring (bicyclic) bond motifs is 1. The van der Waals surface area contributed by atoms with Crippen LogP contribution in [0.2, 0.25) is 0 Å². The molecular formula is C14H15FN2O4. The Morgan fingerprint density at radius 1 is 1.57 bits per heavy atom. The predicted octanol–water partition coefficient (Wildman–Crippen LogP) is 1.35. The van der Waals surface area contributed by atoms with Crippen molar-refractivity contribution in [2.75, 3.05) is 0 Å². The standard InChI is InChI=1S/C14H15FN2O4/c1-9(2-5-13(19)16-8-18)17-7-10-6-11(21-15)3-4-12(10)14(17)20/h3-4,6,8-9H,2,5,7H2,1H3,(H,16,18,19). The van der Waals surface area contributed by atoms with Crippen LogP contribution >= 0.6 is 0 Å². The molecule has 0 saturated heterocycles.